The lowest BCUT2D eigenvalue weighted by atomic mass is 9.86. The molecule has 10 heteroatoms. The Labute approximate surface area is 174 Å². The van der Waals surface area contributed by atoms with E-state index in [9.17, 15) is 31.1 Å². The summed E-state index contributed by atoms with van der Waals surface area (Å²) in [7, 11) is 1.62. The van der Waals surface area contributed by atoms with Gasteiger partial charge < -0.3 is 15.0 Å². The van der Waals surface area contributed by atoms with Gasteiger partial charge in [0.15, 0.2) is 0 Å². The Morgan fingerprint density at radius 3 is 2.10 bits per heavy atom. The molecule has 2 aromatic carbocycles. The molecule has 0 saturated carbocycles. The van der Waals surface area contributed by atoms with Crippen molar-refractivity contribution in [1.29, 1.82) is 0 Å². The van der Waals surface area contributed by atoms with Crippen molar-refractivity contribution in [2.75, 3.05) is 20.2 Å². The summed E-state index contributed by atoms with van der Waals surface area (Å²) in [5.41, 5.74) is -3.27. The highest BCUT2D eigenvalue weighted by Crippen LogP contribution is 2.37. The summed E-state index contributed by atoms with van der Waals surface area (Å²) in [5, 5.41) is 2.86. The summed E-state index contributed by atoms with van der Waals surface area (Å²) in [6.45, 7) is -0.187. The maximum atomic E-state index is 13.1. The molecule has 3 rings (SSSR count). The van der Waals surface area contributed by atoms with Gasteiger partial charge in [-0.25, -0.2) is 4.79 Å². The average molecular weight is 446 g/mol. The van der Waals surface area contributed by atoms with Crippen LogP contribution >= 0.6 is 0 Å². The molecule has 0 bridgehead atoms. The largest absolute Gasteiger partial charge is 0.416 e. The highest BCUT2D eigenvalue weighted by Gasteiger charge is 2.40. The molecule has 1 heterocycles. The van der Waals surface area contributed by atoms with Crippen molar-refractivity contribution in [3.63, 3.8) is 0 Å². The standard InChI is InChI=1S/C21H20F6N2O2/c1-29-8-7-19(28-18(29)30,15-5-3-2-4-6-15)13-31-12-14-9-16(20(22,23)24)11-17(10-14)21(25,26)27/h2-6,9-11H,7-8,12-13H2,1H3,(H,28,30). The first kappa shape index (κ1) is 22.9. The normalized spacial score (nSPS) is 20.0. The number of urea groups is 1. The fourth-order valence-electron chi connectivity index (χ4n) is 3.43. The Balaban J connectivity index is 1.83. The van der Waals surface area contributed by atoms with Gasteiger partial charge in [-0.2, -0.15) is 26.3 Å². The molecule has 1 saturated heterocycles. The molecule has 1 aliphatic rings. The van der Waals surface area contributed by atoms with Crippen molar-refractivity contribution in [1.82, 2.24) is 10.2 Å². The molecule has 1 fully saturated rings. The second-order valence-corrected chi connectivity index (χ2v) is 7.46. The minimum Gasteiger partial charge on any atom is -0.374 e. The maximum absolute atomic E-state index is 13.1. The molecule has 0 aliphatic carbocycles. The van der Waals surface area contributed by atoms with Crippen molar-refractivity contribution in [2.45, 2.75) is 30.9 Å². The van der Waals surface area contributed by atoms with E-state index in [-0.39, 0.29) is 24.3 Å². The van der Waals surface area contributed by atoms with E-state index in [0.29, 0.717) is 25.1 Å². The number of rotatable bonds is 5. The molecule has 1 aliphatic heterocycles. The maximum Gasteiger partial charge on any atom is 0.416 e. The number of amides is 2. The lowest BCUT2D eigenvalue weighted by Gasteiger charge is -2.41. The summed E-state index contributed by atoms with van der Waals surface area (Å²) in [5.74, 6) is 0. The van der Waals surface area contributed by atoms with Gasteiger partial charge >= 0.3 is 18.4 Å². The summed E-state index contributed by atoms with van der Waals surface area (Å²) < 4.78 is 83.9. The molecule has 2 aromatic rings. The van der Waals surface area contributed by atoms with Crippen molar-refractivity contribution in [2.24, 2.45) is 0 Å². The van der Waals surface area contributed by atoms with Crippen molar-refractivity contribution in [3.05, 3.63) is 70.8 Å². The van der Waals surface area contributed by atoms with E-state index in [0.717, 1.165) is 5.56 Å². The molecule has 0 spiro atoms. The van der Waals surface area contributed by atoms with E-state index in [1.54, 1.807) is 37.4 Å². The highest BCUT2D eigenvalue weighted by molar-refractivity contribution is 5.76. The first-order valence-electron chi connectivity index (χ1n) is 9.36. The molecule has 1 atom stereocenters. The zero-order chi connectivity index (χ0) is 22.9. The van der Waals surface area contributed by atoms with Gasteiger partial charge in [-0.15, -0.1) is 0 Å². The van der Waals surface area contributed by atoms with Crippen LogP contribution < -0.4 is 5.32 Å². The van der Waals surface area contributed by atoms with E-state index < -0.39 is 35.6 Å². The van der Waals surface area contributed by atoms with Crippen LogP contribution in [0.4, 0.5) is 31.1 Å². The predicted molar refractivity (Wildman–Crippen MR) is 100 cm³/mol. The fraction of sp³-hybridized carbons (Fsp3) is 0.381. The Morgan fingerprint density at radius 1 is 1.00 bits per heavy atom. The zero-order valence-electron chi connectivity index (χ0n) is 16.5. The average Bonchev–Trinajstić information content (AvgIpc) is 2.70. The summed E-state index contributed by atoms with van der Waals surface area (Å²) in [4.78, 5) is 13.7. The SMILES string of the molecule is CN1CCC(COCc2cc(C(F)(F)F)cc(C(F)(F)F)c2)(c2ccccc2)NC1=O. The summed E-state index contributed by atoms with van der Waals surface area (Å²) >= 11 is 0. The van der Waals surface area contributed by atoms with E-state index in [4.69, 9.17) is 4.74 Å². The number of carbonyl (C=O) groups excluding carboxylic acids is 1. The lowest BCUT2D eigenvalue weighted by molar-refractivity contribution is -0.143. The fourth-order valence-corrected chi connectivity index (χ4v) is 3.43. The Kier molecular flexibility index (Phi) is 6.22. The van der Waals surface area contributed by atoms with E-state index in [1.807, 2.05) is 0 Å². The number of hydrogen-bond donors (Lipinski definition) is 1. The van der Waals surface area contributed by atoms with Crippen LogP contribution in [0, 0.1) is 0 Å². The monoisotopic (exact) mass is 446 g/mol. The highest BCUT2D eigenvalue weighted by atomic mass is 19.4. The molecule has 4 nitrogen and oxygen atoms in total. The van der Waals surface area contributed by atoms with Gasteiger partial charge in [-0.05, 0) is 35.7 Å². The summed E-state index contributed by atoms with van der Waals surface area (Å²) in [6.07, 6.45) is -9.40. The molecule has 2 amide bonds. The molecule has 31 heavy (non-hydrogen) atoms. The van der Waals surface area contributed by atoms with Crippen molar-refractivity contribution >= 4 is 6.03 Å². The van der Waals surface area contributed by atoms with Crippen LogP contribution in [0.15, 0.2) is 48.5 Å². The number of nitrogens with one attached hydrogen (secondary N) is 1. The number of halogens is 6. The number of alkyl halides is 6. The Morgan fingerprint density at radius 2 is 1.58 bits per heavy atom. The number of nitrogens with zero attached hydrogens (tertiary/aromatic N) is 1. The van der Waals surface area contributed by atoms with Crippen LogP contribution in [0.1, 0.15) is 28.7 Å². The van der Waals surface area contributed by atoms with Gasteiger partial charge in [-0.1, -0.05) is 30.3 Å². The minimum atomic E-state index is -4.93. The van der Waals surface area contributed by atoms with Gasteiger partial charge in [-0.3, -0.25) is 0 Å². The molecule has 0 radical (unpaired) electrons. The Hall–Kier alpha value is -2.75. The number of ether oxygens (including phenoxy) is 1. The first-order chi connectivity index (χ1) is 14.4. The van der Waals surface area contributed by atoms with E-state index in [2.05, 4.69) is 5.32 Å². The van der Waals surface area contributed by atoms with Crippen LogP contribution in [0.3, 0.4) is 0 Å². The van der Waals surface area contributed by atoms with Crippen LogP contribution in [-0.4, -0.2) is 31.1 Å². The molecule has 1 unspecified atom stereocenters. The van der Waals surface area contributed by atoms with E-state index >= 15 is 0 Å². The topological polar surface area (TPSA) is 41.6 Å². The minimum absolute atomic E-state index is 0.0755. The third kappa shape index (κ3) is 5.30. The number of benzene rings is 2. The molecular formula is C21H20F6N2O2. The molecule has 168 valence electrons. The quantitative estimate of drug-likeness (QED) is 0.643. The second kappa shape index (κ2) is 8.41. The second-order valence-electron chi connectivity index (χ2n) is 7.46. The van der Waals surface area contributed by atoms with Crippen molar-refractivity contribution in [3.8, 4) is 0 Å². The first-order valence-corrected chi connectivity index (χ1v) is 9.36. The Bertz CT molecular complexity index is 897. The van der Waals surface area contributed by atoms with Crippen LogP contribution in [0.25, 0.3) is 0 Å². The predicted octanol–water partition coefficient (Wildman–Crippen LogP) is 5.18. The third-order valence-electron chi connectivity index (χ3n) is 5.16. The van der Waals surface area contributed by atoms with Gasteiger partial charge in [0.05, 0.1) is 29.9 Å². The summed E-state index contributed by atoms with van der Waals surface area (Å²) in [6, 6.07) is 9.88. The van der Waals surface area contributed by atoms with Gasteiger partial charge in [0.25, 0.3) is 0 Å². The lowest BCUT2D eigenvalue weighted by Crippen LogP contribution is -2.58. The van der Waals surface area contributed by atoms with Gasteiger partial charge in [0, 0.05) is 13.6 Å². The molecule has 1 N–H and O–H groups in total. The number of carbonyl (C=O) groups is 1. The van der Waals surface area contributed by atoms with Crippen LogP contribution in [0.5, 0.6) is 0 Å². The van der Waals surface area contributed by atoms with Crippen molar-refractivity contribution < 1.29 is 35.9 Å². The zero-order valence-corrected chi connectivity index (χ0v) is 16.5. The van der Waals surface area contributed by atoms with E-state index in [1.165, 1.54) is 4.90 Å². The smallest absolute Gasteiger partial charge is 0.374 e. The van der Waals surface area contributed by atoms with Gasteiger partial charge in [0.2, 0.25) is 0 Å². The van der Waals surface area contributed by atoms with Crippen LogP contribution in [0.2, 0.25) is 0 Å². The van der Waals surface area contributed by atoms with Gasteiger partial charge in [0.1, 0.15) is 0 Å². The molecular weight excluding hydrogens is 426 g/mol. The van der Waals surface area contributed by atoms with Crippen LogP contribution in [-0.2, 0) is 29.2 Å². The molecule has 0 aromatic heterocycles. The third-order valence-corrected chi connectivity index (χ3v) is 5.16. The number of hydrogen-bond acceptors (Lipinski definition) is 2.